The van der Waals surface area contributed by atoms with Gasteiger partial charge >= 0.3 is 5.97 Å². The summed E-state index contributed by atoms with van der Waals surface area (Å²) in [5.74, 6) is -0.749. The van der Waals surface area contributed by atoms with E-state index >= 15 is 0 Å². The van der Waals surface area contributed by atoms with Gasteiger partial charge in [0.25, 0.3) is 0 Å². The molecule has 98 valence electrons. The van der Waals surface area contributed by atoms with Gasteiger partial charge in [0.05, 0.1) is 0 Å². The van der Waals surface area contributed by atoms with Crippen molar-refractivity contribution in [2.24, 2.45) is 4.99 Å². The Morgan fingerprint density at radius 2 is 1.70 bits per heavy atom. The first-order chi connectivity index (χ1) is 9.74. The monoisotopic (exact) mass is 267 g/mol. The Kier molecular flexibility index (Phi) is 3.13. The fraction of sp³-hybridized carbons (Fsp3) is 0. The lowest BCUT2D eigenvalue weighted by molar-refractivity contribution is -0.129. The highest BCUT2D eigenvalue weighted by molar-refractivity contribution is 6.12. The molecule has 0 aliphatic carbocycles. The predicted molar refractivity (Wildman–Crippen MR) is 73.4 cm³/mol. The van der Waals surface area contributed by atoms with Crippen LogP contribution < -0.4 is 0 Å². The van der Waals surface area contributed by atoms with Crippen LogP contribution in [-0.2, 0) is 9.53 Å². The first-order valence-electron chi connectivity index (χ1n) is 6.06. The Balaban J connectivity index is 1.97. The molecule has 0 fully saturated rings. The summed E-state index contributed by atoms with van der Waals surface area (Å²) in [5.41, 5.74) is 1.10. The zero-order valence-corrected chi connectivity index (χ0v) is 10.4. The lowest BCUT2D eigenvalue weighted by atomic mass is 10.2. The van der Waals surface area contributed by atoms with E-state index in [1.165, 1.54) is 12.1 Å². The Bertz CT molecular complexity index is 720. The molecule has 0 radical (unpaired) electrons. The molecule has 1 aliphatic heterocycles. The highest BCUT2D eigenvalue weighted by Gasteiger charge is 2.24. The maximum Gasteiger partial charge on any atom is 0.363 e. The highest BCUT2D eigenvalue weighted by Crippen LogP contribution is 2.20. The topological polar surface area (TPSA) is 38.7 Å². The van der Waals surface area contributed by atoms with Crippen LogP contribution in [0, 0.1) is 5.82 Å². The number of hydrogen-bond donors (Lipinski definition) is 0. The maximum absolute atomic E-state index is 13.5. The molecule has 20 heavy (non-hydrogen) atoms. The van der Waals surface area contributed by atoms with E-state index in [-0.39, 0.29) is 11.6 Å². The number of hydrogen-bond acceptors (Lipinski definition) is 3. The molecule has 0 amide bonds. The van der Waals surface area contributed by atoms with Gasteiger partial charge in [0.1, 0.15) is 5.82 Å². The van der Waals surface area contributed by atoms with Crippen LogP contribution in [0.25, 0.3) is 6.08 Å². The third-order valence-electron chi connectivity index (χ3n) is 2.84. The van der Waals surface area contributed by atoms with Gasteiger partial charge in [-0.1, -0.05) is 36.4 Å². The van der Waals surface area contributed by atoms with Gasteiger partial charge in [-0.05, 0) is 24.3 Å². The average molecular weight is 267 g/mol. The second-order valence-corrected chi connectivity index (χ2v) is 4.22. The lowest BCUT2D eigenvalue weighted by Crippen LogP contribution is -2.04. The number of carbonyl (C=O) groups excluding carboxylic acids is 1. The first kappa shape index (κ1) is 12.3. The third-order valence-corrected chi connectivity index (χ3v) is 2.84. The number of halogens is 1. The van der Waals surface area contributed by atoms with Crippen molar-refractivity contribution < 1.29 is 13.9 Å². The van der Waals surface area contributed by atoms with Crippen molar-refractivity contribution in [1.82, 2.24) is 0 Å². The Labute approximate surface area is 115 Å². The number of carbonyl (C=O) groups is 1. The van der Waals surface area contributed by atoms with E-state index in [0.29, 0.717) is 11.1 Å². The average Bonchev–Trinajstić information content (AvgIpc) is 2.84. The van der Waals surface area contributed by atoms with Crippen molar-refractivity contribution in [1.29, 1.82) is 0 Å². The second kappa shape index (κ2) is 5.09. The molecular weight excluding hydrogens is 257 g/mol. The minimum atomic E-state index is -0.577. The SMILES string of the molecule is O=C1OC(c2ccccc2)=NC1=Cc1ccccc1F. The number of ether oxygens (including phenoxy) is 1. The smallest absolute Gasteiger partial charge is 0.363 e. The number of rotatable bonds is 2. The zero-order chi connectivity index (χ0) is 13.9. The van der Waals surface area contributed by atoms with Gasteiger partial charge in [-0.15, -0.1) is 0 Å². The van der Waals surface area contributed by atoms with Crippen LogP contribution in [0.3, 0.4) is 0 Å². The summed E-state index contributed by atoms with van der Waals surface area (Å²) in [6, 6.07) is 15.3. The van der Waals surface area contributed by atoms with Crippen molar-refractivity contribution in [3.05, 3.63) is 77.2 Å². The van der Waals surface area contributed by atoms with E-state index < -0.39 is 11.8 Å². The molecule has 0 unspecified atom stereocenters. The highest BCUT2D eigenvalue weighted by atomic mass is 19.1. The fourth-order valence-corrected chi connectivity index (χ4v) is 1.85. The minimum absolute atomic E-state index is 0.0916. The van der Waals surface area contributed by atoms with E-state index in [4.69, 9.17) is 4.74 Å². The third kappa shape index (κ3) is 2.36. The van der Waals surface area contributed by atoms with Crippen LogP contribution >= 0.6 is 0 Å². The van der Waals surface area contributed by atoms with Gasteiger partial charge in [-0.25, -0.2) is 14.2 Å². The van der Waals surface area contributed by atoms with E-state index in [0.717, 1.165) is 0 Å². The number of aliphatic imine (C=N–C) groups is 1. The molecule has 2 aromatic rings. The van der Waals surface area contributed by atoms with Crippen LogP contribution in [0.5, 0.6) is 0 Å². The molecule has 1 heterocycles. The molecule has 3 rings (SSSR count). The van der Waals surface area contributed by atoms with Crippen LogP contribution in [0.4, 0.5) is 4.39 Å². The van der Waals surface area contributed by atoms with Crippen molar-refractivity contribution in [2.75, 3.05) is 0 Å². The zero-order valence-electron chi connectivity index (χ0n) is 10.4. The van der Waals surface area contributed by atoms with Gasteiger partial charge in [0, 0.05) is 11.1 Å². The standard InChI is InChI=1S/C16H10FNO2/c17-13-9-5-4-8-12(13)10-14-16(19)20-15(18-14)11-6-2-1-3-7-11/h1-10H. The van der Waals surface area contributed by atoms with Crippen molar-refractivity contribution in [3.63, 3.8) is 0 Å². The van der Waals surface area contributed by atoms with Crippen molar-refractivity contribution in [2.45, 2.75) is 0 Å². The van der Waals surface area contributed by atoms with E-state index in [1.807, 2.05) is 18.2 Å². The number of nitrogens with zero attached hydrogens (tertiary/aromatic N) is 1. The van der Waals surface area contributed by atoms with Crippen molar-refractivity contribution >= 4 is 17.9 Å². The van der Waals surface area contributed by atoms with E-state index in [9.17, 15) is 9.18 Å². The summed E-state index contributed by atoms with van der Waals surface area (Å²) in [7, 11) is 0. The van der Waals surface area contributed by atoms with Crippen molar-refractivity contribution in [3.8, 4) is 0 Å². The molecule has 4 heteroatoms. The summed E-state index contributed by atoms with van der Waals surface area (Å²) < 4.78 is 18.6. The quantitative estimate of drug-likeness (QED) is 0.619. The Morgan fingerprint density at radius 3 is 2.45 bits per heavy atom. The molecule has 2 aromatic carbocycles. The molecule has 1 aliphatic rings. The second-order valence-electron chi connectivity index (χ2n) is 4.22. The van der Waals surface area contributed by atoms with Crippen LogP contribution in [-0.4, -0.2) is 11.9 Å². The van der Waals surface area contributed by atoms with Gasteiger partial charge in [0.2, 0.25) is 5.90 Å². The number of benzene rings is 2. The molecule has 0 saturated carbocycles. The van der Waals surface area contributed by atoms with E-state index in [1.54, 1.807) is 30.3 Å². The minimum Gasteiger partial charge on any atom is -0.402 e. The lowest BCUT2D eigenvalue weighted by Gasteiger charge is -1.97. The van der Waals surface area contributed by atoms with Crippen LogP contribution in [0.15, 0.2) is 65.3 Å². The van der Waals surface area contributed by atoms with Gasteiger partial charge in [0.15, 0.2) is 5.70 Å². The number of cyclic esters (lactones) is 1. The predicted octanol–water partition coefficient (Wildman–Crippen LogP) is 3.17. The molecular formula is C16H10FNO2. The summed E-state index contributed by atoms with van der Waals surface area (Å²) in [4.78, 5) is 15.9. The van der Waals surface area contributed by atoms with Crippen LogP contribution in [0.1, 0.15) is 11.1 Å². The Morgan fingerprint density at radius 1 is 1.00 bits per heavy atom. The molecule has 0 saturated heterocycles. The summed E-state index contributed by atoms with van der Waals surface area (Å²) in [5, 5.41) is 0. The van der Waals surface area contributed by atoms with Gasteiger partial charge in [-0.2, -0.15) is 0 Å². The molecule has 0 N–H and O–H groups in total. The molecule has 0 bridgehead atoms. The Hall–Kier alpha value is -2.75. The van der Waals surface area contributed by atoms with E-state index in [2.05, 4.69) is 4.99 Å². The number of esters is 1. The van der Waals surface area contributed by atoms with Gasteiger partial charge in [-0.3, -0.25) is 0 Å². The maximum atomic E-state index is 13.5. The van der Waals surface area contributed by atoms with Gasteiger partial charge < -0.3 is 4.74 Å². The first-order valence-corrected chi connectivity index (χ1v) is 6.06. The summed E-state index contributed by atoms with van der Waals surface area (Å²) in [6.45, 7) is 0. The molecule has 0 aromatic heterocycles. The summed E-state index contributed by atoms with van der Waals surface area (Å²) >= 11 is 0. The normalized spacial score (nSPS) is 16.1. The molecule has 0 spiro atoms. The van der Waals surface area contributed by atoms with Crippen LogP contribution in [0.2, 0.25) is 0 Å². The summed E-state index contributed by atoms with van der Waals surface area (Å²) in [6.07, 6.45) is 1.38. The largest absolute Gasteiger partial charge is 0.402 e. The fourth-order valence-electron chi connectivity index (χ4n) is 1.85. The molecule has 3 nitrogen and oxygen atoms in total. The molecule has 0 atom stereocenters.